The Bertz CT molecular complexity index is 283. The fourth-order valence-corrected chi connectivity index (χ4v) is 2.69. The van der Waals surface area contributed by atoms with Gasteiger partial charge in [-0.05, 0) is 32.6 Å². The summed E-state index contributed by atoms with van der Waals surface area (Å²) in [7, 11) is 0. The van der Waals surface area contributed by atoms with Crippen LogP contribution in [-0.4, -0.2) is 36.7 Å². The standard InChI is InChI=1S/C13H24N2O2/c1-3-13(2)8-10(6-7-17-13)14-9-11-4-5-12(16)15-11/h10-11,14H,3-9H2,1-2H3,(H,15,16). The van der Waals surface area contributed by atoms with Crippen molar-refractivity contribution in [1.82, 2.24) is 10.6 Å². The second kappa shape index (κ2) is 5.36. The number of ether oxygens (including phenoxy) is 1. The zero-order valence-corrected chi connectivity index (χ0v) is 10.9. The quantitative estimate of drug-likeness (QED) is 0.776. The van der Waals surface area contributed by atoms with Crippen molar-refractivity contribution >= 4 is 5.91 Å². The van der Waals surface area contributed by atoms with Crippen LogP contribution in [0.3, 0.4) is 0 Å². The van der Waals surface area contributed by atoms with Gasteiger partial charge in [0, 0.05) is 31.7 Å². The Labute approximate surface area is 103 Å². The predicted octanol–water partition coefficient (Wildman–Crippen LogP) is 1.20. The molecule has 0 aromatic heterocycles. The van der Waals surface area contributed by atoms with E-state index in [0.29, 0.717) is 18.5 Å². The molecule has 2 fully saturated rings. The maximum atomic E-state index is 11.1. The van der Waals surface area contributed by atoms with E-state index in [0.717, 1.165) is 38.8 Å². The molecule has 0 aromatic carbocycles. The van der Waals surface area contributed by atoms with Crippen LogP contribution >= 0.6 is 0 Å². The van der Waals surface area contributed by atoms with Crippen LogP contribution in [0.1, 0.15) is 46.0 Å². The second-order valence-corrected chi connectivity index (χ2v) is 5.55. The van der Waals surface area contributed by atoms with Gasteiger partial charge >= 0.3 is 0 Å². The van der Waals surface area contributed by atoms with Crippen molar-refractivity contribution < 1.29 is 9.53 Å². The van der Waals surface area contributed by atoms with E-state index in [9.17, 15) is 4.79 Å². The largest absolute Gasteiger partial charge is 0.375 e. The van der Waals surface area contributed by atoms with E-state index in [1.54, 1.807) is 0 Å². The molecule has 2 N–H and O–H groups in total. The van der Waals surface area contributed by atoms with Gasteiger partial charge in [-0.1, -0.05) is 6.92 Å². The van der Waals surface area contributed by atoms with Crippen molar-refractivity contribution in [2.75, 3.05) is 13.2 Å². The molecule has 2 saturated heterocycles. The second-order valence-electron chi connectivity index (χ2n) is 5.55. The van der Waals surface area contributed by atoms with Crippen molar-refractivity contribution in [3.8, 4) is 0 Å². The lowest BCUT2D eigenvalue weighted by atomic mass is 9.90. The summed E-state index contributed by atoms with van der Waals surface area (Å²) in [6.45, 7) is 6.12. The molecule has 0 radical (unpaired) electrons. The van der Waals surface area contributed by atoms with Crippen molar-refractivity contribution in [3.05, 3.63) is 0 Å². The number of amides is 1. The van der Waals surface area contributed by atoms with Gasteiger partial charge in [-0.15, -0.1) is 0 Å². The van der Waals surface area contributed by atoms with Crippen molar-refractivity contribution in [1.29, 1.82) is 0 Å². The highest BCUT2D eigenvalue weighted by Gasteiger charge is 2.32. The summed E-state index contributed by atoms with van der Waals surface area (Å²) in [5.74, 6) is 0.196. The Hall–Kier alpha value is -0.610. The van der Waals surface area contributed by atoms with Crippen molar-refractivity contribution in [2.24, 2.45) is 0 Å². The third-order valence-electron chi connectivity index (χ3n) is 4.08. The van der Waals surface area contributed by atoms with Crippen LogP contribution in [0.4, 0.5) is 0 Å². The molecule has 0 bridgehead atoms. The van der Waals surface area contributed by atoms with Crippen molar-refractivity contribution in [2.45, 2.75) is 63.6 Å². The lowest BCUT2D eigenvalue weighted by molar-refractivity contribution is -0.119. The highest BCUT2D eigenvalue weighted by molar-refractivity contribution is 5.78. The number of carbonyl (C=O) groups excluding carboxylic acids is 1. The number of hydrogen-bond acceptors (Lipinski definition) is 3. The van der Waals surface area contributed by atoms with Gasteiger partial charge in [-0.3, -0.25) is 4.79 Å². The molecule has 17 heavy (non-hydrogen) atoms. The van der Waals surface area contributed by atoms with E-state index in [-0.39, 0.29) is 11.5 Å². The molecule has 4 nitrogen and oxygen atoms in total. The average molecular weight is 240 g/mol. The van der Waals surface area contributed by atoms with Crippen molar-refractivity contribution in [3.63, 3.8) is 0 Å². The van der Waals surface area contributed by atoms with Gasteiger partial charge in [0.2, 0.25) is 5.91 Å². The first-order chi connectivity index (χ1) is 8.11. The average Bonchev–Trinajstić information content (AvgIpc) is 2.73. The van der Waals surface area contributed by atoms with E-state index in [2.05, 4.69) is 24.5 Å². The molecule has 2 aliphatic heterocycles. The van der Waals surface area contributed by atoms with Gasteiger partial charge < -0.3 is 15.4 Å². The first-order valence-electron chi connectivity index (χ1n) is 6.78. The van der Waals surface area contributed by atoms with Crippen LogP contribution < -0.4 is 10.6 Å². The zero-order valence-electron chi connectivity index (χ0n) is 10.9. The first-order valence-corrected chi connectivity index (χ1v) is 6.78. The summed E-state index contributed by atoms with van der Waals surface area (Å²) in [6, 6.07) is 0.865. The Balaban J connectivity index is 1.73. The first kappa shape index (κ1) is 12.8. The zero-order chi connectivity index (χ0) is 12.3. The van der Waals surface area contributed by atoms with E-state index < -0.39 is 0 Å². The molecular formula is C13H24N2O2. The minimum Gasteiger partial charge on any atom is -0.375 e. The van der Waals surface area contributed by atoms with Gasteiger partial charge in [-0.25, -0.2) is 0 Å². The molecule has 0 saturated carbocycles. The van der Waals surface area contributed by atoms with Gasteiger partial charge in [0.05, 0.1) is 5.60 Å². The third-order valence-corrected chi connectivity index (χ3v) is 4.08. The van der Waals surface area contributed by atoms with E-state index >= 15 is 0 Å². The molecule has 0 spiro atoms. The van der Waals surface area contributed by atoms with Crippen LogP contribution in [0.25, 0.3) is 0 Å². The monoisotopic (exact) mass is 240 g/mol. The Morgan fingerprint density at radius 3 is 3.00 bits per heavy atom. The lowest BCUT2D eigenvalue weighted by Crippen LogP contribution is -2.48. The predicted molar refractivity (Wildman–Crippen MR) is 66.8 cm³/mol. The Kier molecular flexibility index (Phi) is 4.05. The summed E-state index contributed by atoms with van der Waals surface area (Å²) in [5.41, 5.74) is 0.0365. The molecular weight excluding hydrogens is 216 g/mol. The van der Waals surface area contributed by atoms with E-state index in [4.69, 9.17) is 4.74 Å². The minimum absolute atomic E-state index is 0.0365. The molecule has 0 aliphatic carbocycles. The molecule has 2 rings (SSSR count). The van der Waals surface area contributed by atoms with Crippen LogP contribution in [0.5, 0.6) is 0 Å². The summed E-state index contributed by atoms with van der Waals surface area (Å²) < 4.78 is 5.82. The Morgan fingerprint density at radius 1 is 1.53 bits per heavy atom. The van der Waals surface area contributed by atoms with E-state index in [1.807, 2.05) is 0 Å². The number of nitrogens with one attached hydrogen (secondary N) is 2. The van der Waals surface area contributed by atoms with Crippen LogP contribution in [0, 0.1) is 0 Å². The highest BCUT2D eigenvalue weighted by atomic mass is 16.5. The van der Waals surface area contributed by atoms with Gasteiger partial charge in [0.25, 0.3) is 0 Å². The van der Waals surface area contributed by atoms with Crippen LogP contribution in [0.2, 0.25) is 0 Å². The van der Waals surface area contributed by atoms with Crippen LogP contribution in [0.15, 0.2) is 0 Å². The molecule has 3 atom stereocenters. The molecule has 98 valence electrons. The van der Waals surface area contributed by atoms with Crippen LogP contribution in [-0.2, 0) is 9.53 Å². The minimum atomic E-state index is 0.0365. The normalized spacial score (nSPS) is 38.1. The summed E-state index contributed by atoms with van der Waals surface area (Å²) in [6.07, 6.45) is 4.87. The number of rotatable bonds is 4. The number of carbonyl (C=O) groups is 1. The molecule has 4 heteroatoms. The number of hydrogen-bond donors (Lipinski definition) is 2. The molecule has 2 heterocycles. The third kappa shape index (κ3) is 3.42. The summed E-state index contributed by atoms with van der Waals surface area (Å²) in [4.78, 5) is 11.1. The molecule has 3 unspecified atom stereocenters. The highest BCUT2D eigenvalue weighted by Crippen LogP contribution is 2.27. The fourth-order valence-electron chi connectivity index (χ4n) is 2.69. The fraction of sp³-hybridized carbons (Fsp3) is 0.923. The lowest BCUT2D eigenvalue weighted by Gasteiger charge is -2.38. The smallest absolute Gasteiger partial charge is 0.220 e. The van der Waals surface area contributed by atoms with E-state index in [1.165, 1.54) is 0 Å². The van der Waals surface area contributed by atoms with Gasteiger partial charge in [0.15, 0.2) is 0 Å². The molecule has 0 aromatic rings. The Morgan fingerprint density at radius 2 is 2.35 bits per heavy atom. The summed E-state index contributed by atoms with van der Waals surface area (Å²) >= 11 is 0. The SMILES string of the molecule is CCC1(C)CC(NCC2CCC(=O)N2)CCO1. The van der Waals surface area contributed by atoms with Gasteiger partial charge in [-0.2, -0.15) is 0 Å². The molecule has 2 aliphatic rings. The molecule has 1 amide bonds. The maximum Gasteiger partial charge on any atom is 0.220 e. The summed E-state index contributed by atoms with van der Waals surface area (Å²) in [5, 5.41) is 6.57. The topological polar surface area (TPSA) is 50.4 Å². The van der Waals surface area contributed by atoms with Gasteiger partial charge in [0.1, 0.15) is 0 Å². The maximum absolute atomic E-state index is 11.1.